The molecule has 0 fully saturated rings. The van der Waals surface area contributed by atoms with E-state index in [1.54, 1.807) is 14.2 Å². The van der Waals surface area contributed by atoms with Crippen molar-refractivity contribution in [2.45, 2.75) is 0 Å². The van der Waals surface area contributed by atoms with Gasteiger partial charge in [-0.05, 0) is 0 Å². The van der Waals surface area contributed by atoms with Crippen molar-refractivity contribution in [2.24, 2.45) is 5.73 Å². The Hall–Kier alpha value is 0.0969. The minimum Gasteiger partial charge on any atom is -0.396 e. The molecule has 0 saturated carbocycles. The standard InChI is InChI=1S/C3H10NO2Si/c1-5-7(3-4)6-2/h3-4H2,1-2H3. The van der Waals surface area contributed by atoms with Gasteiger partial charge in [0, 0.05) is 20.4 Å². The summed E-state index contributed by atoms with van der Waals surface area (Å²) < 4.78 is 9.61. The van der Waals surface area contributed by atoms with Gasteiger partial charge in [-0.3, -0.25) is 0 Å². The van der Waals surface area contributed by atoms with Crippen LogP contribution >= 0.6 is 0 Å². The molecule has 0 aliphatic rings. The zero-order valence-electron chi connectivity index (χ0n) is 4.60. The number of rotatable bonds is 3. The Kier molecular flexibility index (Phi) is 4.32. The number of hydrogen-bond acceptors (Lipinski definition) is 3. The fraction of sp³-hybridized carbons (Fsp3) is 1.00. The monoisotopic (exact) mass is 120 g/mol. The predicted molar refractivity (Wildman–Crippen MR) is 28.8 cm³/mol. The third kappa shape index (κ3) is 2.75. The molecule has 0 aliphatic carbocycles. The maximum atomic E-state index is 5.19. The highest BCUT2D eigenvalue weighted by Gasteiger charge is 2.05. The zero-order chi connectivity index (χ0) is 5.70. The summed E-state index contributed by atoms with van der Waals surface area (Å²) in [6, 6.07) is 0. The SMILES string of the molecule is CO[Si](CN)OC. The minimum absolute atomic E-state index is 0.512. The highest BCUT2D eigenvalue weighted by Crippen LogP contribution is 1.76. The lowest BCUT2D eigenvalue weighted by Gasteiger charge is -2.03. The largest absolute Gasteiger partial charge is 0.399 e. The molecule has 4 heteroatoms. The van der Waals surface area contributed by atoms with Crippen molar-refractivity contribution < 1.29 is 8.85 Å². The van der Waals surface area contributed by atoms with Crippen LogP contribution in [0.25, 0.3) is 0 Å². The molecule has 0 rings (SSSR count). The average Bonchev–Trinajstić information content (AvgIpc) is 1.72. The summed E-state index contributed by atoms with van der Waals surface area (Å²) in [7, 11) is 2.12. The highest BCUT2D eigenvalue weighted by atomic mass is 28.3. The van der Waals surface area contributed by atoms with Crippen LogP contribution in [0.3, 0.4) is 0 Å². The normalized spacial score (nSPS) is 10.3. The number of nitrogens with two attached hydrogens (primary N) is 1. The molecule has 1 radical (unpaired) electrons. The van der Waals surface area contributed by atoms with Gasteiger partial charge in [-0.15, -0.1) is 0 Å². The van der Waals surface area contributed by atoms with Crippen LogP contribution < -0.4 is 5.73 Å². The van der Waals surface area contributed by atoms with Crippen LogP contribution in [-0.2, 0) is 8.85 Å². The maximum absolute atomic E-state index is 5.19. The van der Waals surface area contributed by atoms with Gasteiger partial charge in [-0.2, -0.15) is 0 Å². The van der Waals surface area contributed by atoms with Gasteiger partial charge in [0.25, 0.3) is 0 Å². The molecule has 0 aromatic carbocycles. The Balaban J connectivity index is 2.99. The fourth-order valence-electron chi connectivity index (χ4n) is 0.250. The van der Waals surface area contributed by atoms with Crippen LogP contribution in [0.4, 0.5) is 0 Å². The molecule has 2 N–H and O–H groups in total. The van der Waals surface area contributed by atoms with Crippen molar-refractivity contribution in [3.05, 3.63) is 0 Å². The van der Waals surface area contributed by atoms with Gasteiger partial charge in [0.1, 0.15) is 0 Å². The molecule has 0 aromatic rings. The van der Waals surface area contributed by atoms with Crippen LogP contribution in [0.2, 0.25) is 0 Å². The second-order valence-electron chi connectivity index (χ2n) is 0.984. The first-order valence-electron chi connectivity index (χ1n) is 1.99. The van der Waals surface area contributed by atoms with Crippen LogP contribution in [0.5, 0.6) is 0 Å². The molecule has 0 saturated heterocycles. The van der Waals surface area contributed by atoms with E-state index in [2.05, 4.69) is 0 Å². The van der Waals surface area contributed by atoms with Gasteiger partial charge in [0.2, 0.25) is 0 Å². The molecule has 0 aromatic heterocycles. The molecule has 7 heavy (non-hydrogen) atoms. The topological polar surface area (TPSA) is 44.5 Å². The lowest BCUT2D eigenvalue weighted by Crippen LogP contribution is -2.29. The van der Waals surface area contributed by atoms with E-state index in [1.807, 2.05) is 0 Å². The summed E-state index contributed by atoms with van der Waals surface area (Å²) in [4.78, 5) is 0. The average molecular weight is 120 g/mol. The van der Waals surface area contributed by atoms with Gasteiger partial charge in [0.15, 0.2) is 0 Å². The molecule has 0 bridgehead atoms. The Labute approximate surface area is 45.3 Å². The summed E-state index contributed by atoms with van der Waals surface area (Å²) in [6.07, 6.45) is 0.512. The number of hydrogen-bond donors (Lipinski definition) is 1. The highest BCUT2D eigenvalue weighted by molar-refractivity contribution is 6.44. The summed E-state index contributed by atoms with van der Waals surface area (Å²) in [5, 5.41) is 0. The minimum atomic E-state index is -1.08. The van der Waals surface area contributed by atoms with Crippen molar-refractivity contribution in [1.82, 2.24) is 0 Å². The van der Waals surface area contributed by atoms with Crippen LogP contribution in [0.1, 0.15) is 0 Å². The fourth-order valence-corrected chi connectivity index (χ4v) is 0.750. The molecule has 0 spiro atoms. The van der Waals surface area contributed by atoms with E-state index in [4.69, 9.17) is 14.6 Å². The molecular weight excluding hydrogens is 110 g/mol. The first kappa shape index (κ1) is 7.10. The van der Waals surface area contributed by atoms with E-state index in [9.17, 15) is 0 Å². The molecule has 0 heterocycles. The van der Waals surface area contributed by atoms with E-state index in [-0.39, 0.29) is 0 Å². The third-order valence-electron chi connectivity index (χ3n) is 0.622. The summed E-state index contributed by atoms with van der Waals surface area (Å²) in [6.45, 7) is 0. The second-order valence-corrected chi connectivity index (χ2v) is 2.95. The third-order valence-corrected chi connectivity index (χ3v) is 1.87. The van der Waals surface area contributed by atoms with E-state index >= 15 is 0 Å². The summed E-state index contributed by atoms with van der Waals surface area (Å²) >= 11 is 0. The molecule has 0 amide bonds. The van der Waals surface area contributed by atoms with E-state index in [0.29, 0.717) is 6.17 Å². The summed E-state index contributed by atoms with van der Waals surface area (Å²) in [5.41, 5.74) is 5.19. The maximum Gasteiger partial charge on any atom is 0.399 e. The Morgan fingerprint density at radius 1 is 1.43 bits per heavy atom. The van der Waals surface area contributed by atoms with E-state index in [0.717, 1.165) is 0 Å². The van der Waals surface area contributed by atoms with Crippen molar-refractivity contribution in [1.29, 1.82) is 0 Å². The van der Waals surface area contributed by atoms with Crippen molar-refractivity contribution in [3.63, 3.8) is 0 Å². The lowest BCUT2D eigenvalue weighted by atomic mass is 11.5. The van der Waals surface area contributed by atoms with Crippen molar-refractivity contribution in [3.8, 4) is 0 Å². The Morgan fingerprint density at radius 3 is 1.86 bits per heavy atom. The Bertz CT molecular complexity index is 34.4. The van der Waals surface area contributed by atoms with E-state index < -0.39 is 9.28 Å². The van der Waals surface area contributed by atoms with Gasteiger partial charge >= 0.3 is 9.28 Å². The van der Waals surface area contributed by atoms with Gasteiger partial charge < -0.3 is 14.6 Å². The van der Waals surface area contributed by atoms with E-state index in [1.165, 1.54) is 0 Å². The smallest absolute Gasteiger partial charge is 0.396 e. The zero-order valence-corrected chi connectivity index (χ0v) is 5.60. The quantitative estimate of drug-likeness (QED) is 0.499. The molecule has 0 unspecified atom stereocenters. The Morgan fingerprint density at radius 2 is 1.86 bits per heavy atom. The van der Waals surface area contributed by atoms with Crippen molar-refractivity contribution in [2.75, 3.05) is 20.4 Å². The molecule has 0 atom stereocenters. The molecule has 43 valence electrons. The first-order valence-corrected chi connectivity index (χ1v) is 3.51. The van der Waals surface area contributed by atoms with Crippen LogP contribution in [0.15, 0.2) is 0 Å². The molecule has 0 aliphatic heterocycles. The van der Waals surface area contributed by atoms with Gasteiger partial charge in [-0.25, -0.2) is 0 Å². The molecule has 3 nitrogen and oxygen atoms in total. The van der Waals surface area contributed by atoms with Gasteiger partial charge in [-0.1, -0.05) is 0 Å². The summed E-state index contributed by atoms with van der Waals surface area (Å²) in [5.74, 6) is 0. The van der Waals surface area contributed by atoms with Gasteiger partial charge in [0.05, 0.1) is 0 Å². The first-order chi connectivity index (χ1) is 3.35. The molecular formula is C3H10NO2Si. The second kappa shape index (κ2) is 4.26. The lowest BCUT2D eigenvalue weighted by molar-refractivity contribution is 0.279. The predicted octanol–water partition coefficient (Wildman–Crippen LogP) is -0.735. The van der Waals surface area contributed by atoms with Crippen molar-refractivity contribution >= 4 is 9.28 Å². The van der Waals surface area contributed by atoms with Crippen LogP contribution in [-0.4, -0.2) is 29.7 Å². The van der Waals surface area contributed by atoms with Crippen LogP contribution in [0, 0.1) is 0 Å².